The van der Waals surface area contributed by atoms with Crippen molar-refractivity contribution in [3.05, 3.63) is 113 Å². The molecule has 0 saturated carbocycles. The monoisotopic (exact) mass is 519 g/mol. The molecule has 37 heavy (non-hydrogen) atoms. The van der Waals surface area contributed by atoms with Crippen LogP contribution in [-0.2, 0) is 14.3 Å². The maximum atomic E-state index is 13.6. The summed E-state index contributed by atoms with van der Waals surface area (Å²) >= 11 is 1.10. The first-order valence-electron chi connectivity index (χ1n) is 11.0. The van der Waals surface area contributed by atoms with E-state index >= 15 is 0 Å². The number of hydrogen-bond donors (Lipinski definition) is 0. The lowest BCUT2D eigenvalue weighted by Gasteiger charge is -2.24. The summed E-state index contributed by atoms with van der Waals surface area (Å²) in [5.74, 6) is -0.819. The van der Waals surface area contributed by atoms with Crippen LogP contribution in [0.5, 0.6) is 5.75 Å². The Hall–Kier alpha value is -4.64. The summed E-state index contributed by atoms with van der Waals surface area (Å²) in [7, 11) is 0. The quantitative estimate of drug-likeness (QED) is 0.154. The maximum Gasteiger partial charge on any atom is 0.338 e. The molecule has 0 unspecified atom stereocenters. The number of carbonyl (C=O) groups excluding carboxylic acids is 2. The first kappa shape index (κ1) is 25.5. The second-order valence-electron chi connectivity index (χ2n) is 7.98. The molecule has 10 nitrogen and oxygen atoms in total. The Kier molecular flexibility index (Phi) is 7.25. The third-order valence-electron chi connectivity index (χ3n) is 5.41. The third-order valence-corrected chi connectivity index (χ3v) is 6.39. The van der Waals surface area contributed by atoms with Gasteiger partial charge in [0.1, 0.15) is 12.4 Å². The van der Waals surface area contributed by atoms with Crippen molar-refractivity contribution in [1.29, 1.82) is 0 Å². The highest BCUT2D eigenvalue weighted by molar-refractivity contribution is 7.07. The molecule has 0 bridgehead atoms. The van der Waals surface area contributed by atoms with Crippen LogP contribution in [0.15, 0.2) is 82.2 Å². The van der Waals surface area contributed by atoms with Gasteiger partial charge in [-0.1, -0.05) is 48.3 Å². The average molecular weight is 520 g/mol. The zero-order valence-corrected chi connectivity index (χ0v) is 20.7. The zero-order chi connectivity index (χ0) is 26.7. The largest absolute Gasteiger partial charge is 0.458 e. The predicted octanol–water partition coefficient (Wildman–Crippen LogP) is 2.80. The van der Waals surface area contributed by atoms with Crippen LogP contribution in [0.4, 0.5) is 5.69 Å². The number of non-ortho nitro benzene ring substituents is 1. The Balaban J connectivity index is 1.89. The topological polar surface area (TPSA) is 130 Å². The molecule has 0 fully saturated rings. The van der Waals surface area contributed by atoms with Gasteiger partial charge in [0.15, 0.2) is 4.80 Å². The van der Waals surface area contributed by atoms with Gasteiger partial charge in [-0.05, 0) is 36.3 Å². The van der Waals surface area contributed by atoms with Crippen molar-refractivity contribution in [2.24, 2.45) is 4.99 Å². The van der Waals surface area contributed by atoms with Crippen molar-refractivity contribution in [2.75, 3.05) is 6.61 Å². The predicted molar refractivity (Wildman–Crippen MR) is 136 cm³/mol. The lowest BCUT2D eigenvalue weighted by molar-refractivity contribution is -0.384. The van der Waals surface area contributed by atoms with Crippen molar-refractivity contribution < 1.29 is 24.0 Å². The van der Waals surface area contributed by atoms with E-state index in [2.05, 4.69) is 11.6 Å². The second kappa shape index (κ2) is 10.5. The van der Waals surface area contributed by atoms with E-state index in [-0.39, 0.29) is 22.4 Å². The smallest absolute Gasteiger partial charge is 0.338 e. The van der Waals surface area contributed by atoms with Crippen molar-refractivity contribution in [3.8, 4) is 5.75 Å². The second-order valence-corrected chi connectivity index (χ2v) is 8.99. The fourth-order valence-corrected chi connectivity index (χ4v) is 4.92. The Labute approximate surface area is 214 Å². The summed E-state index contributed by atoms with van der Waals surface area (Å²) in [5.41, 5.74) is 1.07. The minimum absolute atomic E-state index is 0.0229. The van der Waals surface area contributed by atoms with E-state index in [0.29, 0.717) is 27.4 Å². The van der Waals surface area contributed by atoms with E-state index in [1.807, 2.05) is 0 Å². The lowest BCUT2D eigenvalue weighted by Crippen LogP contribution is -2.39. The van der Waals surface area contributed by atoms with Gasteiger partial charge < -0.3 is 9.47 Å². The number of thiazole rings is 1. The Bertz CT molecular complexity index is 1630. The van der Waals surface area contributed by atoms with Crippen LogP contribution in [-0.4, -0.2) is 28.0 Å². The molecule has 2 aromatic carbocycles. The molecule has 1 aliphatic rings. The number of benzene rings is 2. The maximum absolute atomic E-state index is 13.6. The number of ether oxygens (including phenoxy) is 2. The SMILES string of the molecule is C=CCOC(=O)C1=C(C)N=c2s/c(=C/c3cccc([N+](=O)[O-])c3)c(=O)n2[C@H]1c1ccc(OC(C)=O)cc1. The molecular formula is C26H21N3O7S. The molecule has 0 saturated heterocycles. The molecule has 0 aliphatic carbocycles. The van der Waals surface area contributed by atoms with Gasteiger partial charge in [0.2, 0.25) is 0 Å². The van der Waals surface area contributed by atoms with Gasteiger partial charge in [-0.25, -0.2) is 9.79 Å². The molecule has 11 heteroatoms. The Morgan fingerprint density at radius 2 is 1.97 bits per heavy atom. The van der Waals surface area contributed by atoms with Gasteiger partial charge in [-0.15, -0.1) is 0 Å². The molecule has 0 amide bonds. The van der Waals surface area contributed by atoms with Gasteiger partial charge in [0.25, 0.3) is 11.2 Å². The normalized spacial score (nSPS) is 15.0. The number of nitro benzene ring substituents is 1. The van der Waals surface area contributed by atoms with E-state index < -0.39 is 28.5 Å². The average Bonchev–Trinajstić information content (AvgIpc) is 3.16. The lowest BCUT2D eigenvalue weighted by atomic mass is 9.96. The van der Waals surface area contributed by atoms with Gasteiger partial charge in [-0.2, -0.15) is 0 Å². The molecule has 4 rings (SSSR count). The number of nitrogens with zero attached hydrogens (tertiary/aromatic N) is 3. The molecular weight excluding hydrogens is 498 g/mol. The molecule has 3 aromatic rings. The summed E-state index contributed by atoms with van der Waals surface area (Å²) in [4.78, 5) is 53.5. The Morgan fingerprint density at radius 1 is 1.24 bits per heavy atom. The van der Waals surface area contributed by atoms with Crippen LogP contribution in [0.25, 0.3) is 6.08 Å². The number of carbonyl (C=O) groups is 2. The molecule has 1 aromatic heterocycles. The molecule has 0 spiro atoms. The standard InChI is InChI=1S/C26H21N3O7S/c1-4-12-35-25(32)22-15(2)27-26-28(23(22)18-8-10-20(11-9-18)36-16(3)30)24(31)21(37-26)14-17-6-5-7-19(13-17)29(33)34/h4-11,13-14,23H,1,12H2,2-3H3/b21-14+/t23-/m0/s1. The highest BCUT2D eigenvalue weighted by Gasteiger charge is 2.33. The summed E-state index contributed by atoms with van der Waals surface area (Å²) in [6.45, 7) is 6.48. The number of rotatable bonds is 7. The third kappa shape index (κ3) is 5.31. The van der Waals surface area contributed by atoms with Gasteiger partial charge >= 0.3 is 11.9 Å². The minimum Gasteiger partial charge on any atom is -0.458 e. The van der Waals surface area contributed by atoms with E-state index in [1.165, 1.54) is 35.8 Å². The number of aromatic nitrogens is 1. The molecule has 0 radical (unpaired) electrons. The van der Waals surface area contributed by atoms with Gasteiger partial charge in [0.05, 0.1) is 26.8 Å². The van der Waals surface area contributed by atoms with E-state index in [1.54, 1.807) is 43.3 Å². The number of hydrogen-bond acceptors (Lipinski definition) is 9. The van der Waals surface area contributed by atoms with Gasteiger partial charge in [-0.3, -0.25) is 24.3 Å². The van der Waals surface area contributed by atoms with Crippen molar-refractivity contribution >= 4 is 35.0 Å². The van der Waals surface area contributed by atoms with Crippen LogP contribution < -0.4 is 19.6 Å². The first-order chi connectivity index (χ1) is 17.7. The fourth-order valence-electron chi connectivity index (χ4n) is 3.87. The molecule has 0 N–H and O–H groups in total. The number of esters is 2. The minimum atomic E-state index is -0.868. The van der Waals surface area contributed by atoms with Gasteiger partial charge in [0, 0.05) is 19.1 Å². The van der Waals surface area contributed by atoms with Crippen molar-refractivity contribution in [3.63, 3.8) is 0 Å². The molecule has 1 aliphatic heterocycles. The van der Waals surface area contributed by atoms with Crippen LogP contribution in [0, 0.1) is 10.1 Å². The van der Waals surface area contributed by atoms with Crippen LogP contribution >= 0.6 is 11.3 Å². The highest BCUT2D eigenvalue weighted by Crippen LogP contribution is 2.31. The molecule has 1 atom stereocenters. The van der Waals surface area contributed by atoms with Crippen molar-refractivity contribution in [2.45, 2.75) is 19.9 Å². The Morgan fingerprint density at radius 3 is 2.62 bits per heavy atom. The number of fused-ring (bicyclic) bond motifs is 1. The number of nitro groups is 1. The summed E-state index contributed by atoms with van der Waals surface area (Å²) in [6.07, 6.45) is 2.98. The summed E-state index contributed by atoms with van der Waals surface area (Å²) in [5, 5.41) is 11.2. The van der Waals surface area contributed by atoms with Crippen LogP contribution in [0.1, 0.15) is 31.0 Å². The summed E-state index contributed by atoms with van der Waals surface area (Å²) in [6, 6.07) is 11.5. The van der Waals surface area contributed by atoms with Crippen LogP contribution in [0.2, 0.25) is 0 Å². The molecule has 2 heterocycles. The van der Waals surface area contributed by atoms with E-state index in [0.717, 1.165) is 11.3 Å². The fraction of sp³-hybridized carbons (Fsp3) is 0.154. The van der Waals surface area contributed by atoms with Crippen molar-refractivity contribution in [1.82, 2.24) is 4.57 Å². The first-order valence-corrected chi connectivity index (χ1v) is 11.8. The van der Waals surface area contributed by atoms with Crippen LogP contribution in [0.3, 0.4) is 0 Å². The highest BCUT2D eigenvalue weighted by atomic mass is 32.1. The van der Waals surface area contributed by atoms with E-state index in [4.69, 9.17) is 9.47 Å². The number of allylic oxidation sites excluding steroid dienone is 1. The zero-order valence-electron chi connectivity index (χ0n) is 19.9. The summed E-state index contributed by atoms with van der Waals surface area (Å²) < 4.78 is 12.1. The van der Waals surface area contributed by atoms with E-state index in [9.17, 15) is 24.5 Å². The molecule has 188 valence electrons.